The number of carbonyl (C=O) groups is 1. The molecule has 4 aromatic rings. The van der Waals surface area contributed by atoms with Crippen LogP contribution in [0.2, 0.25) is 5.02 Å². The number of aromatic nitrogens is 4. The molecule has 0 aliphatic rings. The Kier molecular flexibility index (Phi) is 6.42. The van der Waals surface area contributed by atoms with Crippen molar-refractivity contribution in [2.75, 3.05) is 17.7 Å². The normalized spacial score (nSPS) is 11.0. The van der Waals surface area contributed by atoms with Gasteiger partial charge >= 0.3 is 0 Å². The fourth-order valence-electron chi connectivity index (χ4n) is 2.96. The van der Waals surface area contributed by atoms with E-state index in [4.69, 9.17) is 16.3 Å². The van der Waals surface area contributed by atoms with Crippen molar-refractivity contribution >= 4 is 46.0 Å². The highest BCUT2D eigenvalue weighted by atomic mass is 35.5. The number of rotatable bonds is 7. The summed E-state index contributed by atoms with van der Waals surface area (Å²) in [7, 11) is 0. The largest absolute Gasteiger partial charge is 0.494 e. The number of H-pyrrole nitrogens is 1. The molecule has 4 rings (SSSR count). The number of nitrogens with one attached hydrogen (secondary N) is 2. The maximum absolute atomic E-state index is 14.0. The van der Waals surface area contributed by atoms with Gasteiger partial charge in [0, 0.05) is 5.02 Å². The van der Waals surface area contributed by atoms with E-state index in [0.717, 1.165) is 17.8 Å². The standard InChI is InChI=1S/C21H17ClFN5O3S/c1-2-31-14-6-4-13(5-7-14)28-20(30)15-10-24-27-19(15)26-21(28)32-11-18(29)25-17-8-3-12(22)9-16(17)23/h3-10H,2,11H2,1H3,(H,24,27)(H,25,29). The number of thioether (sulfide) groups is 1. The number of halogens is 2. The molecule has 11 heteroatoms. The Morgan fingerprint density at radius 1 is 1.28 bits per heavy atom. The monoisotopic (exact) mass is 473 g/mol. The lowest BCUT2D eigenvalue weighted by molar-refractivity contribution is -0.113. The van der Waals surface area contributed by atoms with Crippen LogP contribution < -0.4 is 15.6 Å². The Bertz CT molecular complexity index is 1340. The van der Waals surface area contributed by atoms with E-state index in [0.29, 0.717) is 29.1 Å². The maximum Gasteiger partial charge on any atom is 0.269 e. The van der Waals surface area contributed by atoms with Crippen molar-refractivity contribution in [2.24, 2.45) is 0 Å². The quantitative estimate of drug-likeness (QED) is 0.310. The van der Waals surface area contributed by atoms with Crippen molar-refractivity contribution in [1.29, 1.82) is 0 Å². The minimum Gasteiger partial charge on any atom is -0.494 e. The molecular weight excluding hydrogens is 457 g/mol. The number of amides is 1. The van der Waals surface area contributed by atoms with Gasteiger partial charge in [0.05, 0.1) is 29.9 Å². The van der Waals surface area contributed by atoms with E-state index in [1.807, 2.05) is 6.92 Å². The van der Waals surface area contributed by atoms with Crippen molar-refractivity contribution in [1.82, 2.24) is 19.7 Å². The van der Waals surface area contributed by atoms with E-state index < -0.39 is 11.7 Å². The fourth-order valence-corrected chi connectivity index (χ4v) is 3.93. The van der Waals surface area contributed by atoms with Crippen molar-refractivity contribution in [2.45, 2.75) is 12.1 Å². The van der Waals surface area contributed by atoms with Crippen LogP contribution in [0, 0.1) is 5.82 Å². The van der Waals surface area contributed by atoms with Crippen LogP contribution in [0.1, 0.15) is 6.92 Å². The zero-order chi connectivity index (χ0) is 22.7. The molecule has 1 amide bonds. The summed E-state index contributed by atoms with van der Waals surface area (Å²) < 4.78 is 20.8. The van der Waals surface area contributed by atoms with Crippen LogP contribution in [0.5, 0.6) is 5.75 Å². The molecule has 32 heavy (non-hydrogen) atoms. The van der Waals surface area contributed by atoms with Gasteiger partial charge in [-0.1, -0.05) is 23.4 Å². The molecule has 0 atom stereocenters. The molecule has 8 nitrogen and oxygen atoms in total. The summed E-state index contributed by atoms with van der Waals surface area (Å²) in [6.45, 7) is 2.40. The molecule has 0 bridgehead atoms. The molecule has 0 aliphatic heterocycles. The summed E-state index contributed by atoms with van der Waals surface area (Å²) in [4.78, 5) is 29.9. The second kappa shape index (κ2) is 9.41. The van der Waals surface area contributed by atoms with E-state index in [1.54, 1.807) is 24.3 Å². The molecule has 0 aliphatic carbocycles. The predicted molar refractivity (Wildman–Crippen MR) is 121 cm³/mol. The average molecular weight is 474 g/mol. The third-order valence-corrected chi connectivity index (χ3v) is 5.57. The second-order valence-corrected chi connectivity index (χ2v) is 7.93. The molecular formula is C21H17ClFN5O3S. The molecule has 0 saturated carbocycles. The topological polar surface area (TPSA) is 102 Å². The first-order chi connectivity index (χ1) is 15.5. The van der Waals surface area contributed by atoms with Gasteiger partial charge in [-0.2, -0.15) is 5.10 Å². The van der Waals surface area contributed by atoms with Gasteiger partial charge in [-0.15, -0.1) is 0 Å². The summed E-state index contributed by atoms with van der Waals surface area (Å²) >= 11 is 6.77. The van der Waals surface area contributed by atoms with Crippen molar-refractivity contribution in [3.8, 4) is 11.4 Å². The maximum atomic E-state index is 14.0. The van der Waals surface area contributed by atoms with Crippen LogP contribution in [0.15, 0.2) is 58.6 Å². The number of ether oxygens (including phenoxy) is 1. The lowest BCUT2D eigenvalue weighted by Gasteiger charge is -2.13. The minimum absolute atomic E-state index is 0.0147. The Morgan fingerprint density at radius 3 is 2.78 bits per heavy atom. The van der Waals surface area contributed by atoms with Gasteiger partial charge < -0.3 is 10.1 Å². The molecule has 0 fully saturated rings. The van der Waals surface area contributed by atoms with Crippen LogP contribution in [-0.2, 0) is 4.79 Å². The second-order valence-electron chi connectivity index (χ2n) is 6.56. The lowest BCUT2D eigenvalue weighted by Crippen LogP contribution is -2.22. The summed E-state index contributed by atoms with van der Waals surface area (Å²) in [6.07, 6.45) is 1.40. The third kappa shape index (κ3) is 4.61. The van der Waals surface area contributed by atoms with E-state index in [9.17, 15) is 14.0 Å². The lowest BCUT2D eigenvalue weighted by atomic mass is 10.3. The molecule has 0 spiro atoms. The Labute approximate surface area is 190 Å². The Balaban J connectivity index is 1.62. The van der Waals surface area contributed by atoms with Crippen molar-refractivity contribution < 1.29 is 13.9 Å². The van der Waals surface area contributed by atoms with Gasteiger partial charge in [-0.25, -0.2) is 9.37 Å². The number of hydrogen-bond donors (Lipinski definition) is 2. The zero-order valence-electron chi connectivity index (χ0n) is 16.8. The van der Waals surface area contributed by atoms with Crippen molar-refractivity contribution in [3.05, 3.63) is 69.9 Å². The van der Waals surface area contributed by atoms with E-state index in [1.165, 1.54) is 22.9 Å². The van der Waals surface area contributed by atoms with Crippen molar-refractivity contribution in [3.63, 3.8) is 0 Å². The number of fused-ring (bicyclic) bond motifs is 1. The van der Waals surface area contributed by atoms with Gasteiger partial charge in [-0.05, 0) is 49.4 Å². The average Bonchev–Trinajstić information content (AvgIpc) is 3.24. The molecule has 2 heterocycles. The number of aromatic amines is 1. The minimum atomic E-state index is -0.640. The van der Waals surface area contributed by atoms with E-state index in [-0.39, 0.29) is 27.2 Å². The number of benzene rings is 2. The van der Waals surface area contributed by atoms with Gasteiger partial charge in [0.1, 0.15) is 17.0 Å². The van der Waals surface area contributed by atoms with Gasteiger partial charge in [0.2, 0.25) is 5.91 Å². The van der Waals surface area contributed by atoms with Gasteiger partial charge in [0.25, 0.3) is 5.56 Å². The van der Waals surface area contributed by atoms with E-state index >= 15 is 0 Å². The number of hydrogen-bond acceptors (Lipinski definition) is 6. The number of anilines is 1. The first-order valence-corrected chi connectivity index (χ1v) is 10.9. The third-order valence-electron chi connectivity index (χ3n) is 4.39. The Hall–Kier alpha value is -3.37. The first kappa shape index (κ1) is 21.8. The molecule has 2 aromatic carbocycles. The van der Waals surface area contributed by atoms with Crippen LogP contribution >= 0.6 is 23.4 Å². The first-order valence-electron chi connectivity index (χ1n) is 9.53. The van der Waals surface area contributed by atoms with Crippen LogP contribution in [0.3, 0.4) is 0 Å². The summed E-state index contributed by atoms with van der Waals surface area (Å²) in [5.41, 5.74) is 0.546. The molecule has 0 unspecified atom stereocenters. The van der Waals surface area contributed by atoms with Crippen LogP contribution in [0.4, 0.5) is 10.1 Å². The highest BCUT2D eigenvalue weighted by Crippen LogP contribution is 2.23. The highest BCUT2D eigenvalue weighted by Gasteiger charge is 2.17. The Morgan fingerprint density at radius 2 is 2.06 bits per heavy atom. The van der Waals surface area contributed by atoms with Crippen LogP contribution in [0.25, 0.3) is 16.7 Å². The summed E-state index contributed by atoms with van der Waals surface area (Å²) in [5, 5.41) is 9.87. The SMILES string of the molecule is CCOc1ccc(-n2c(SCC(=O)Nc3ccc(Cl)cc3F)nc3[nH]ncc3c2=O)cc1. The summed E-state index contributed by atoms with van der Waals surface area (Å²) in [5.74, 6) is -0.543. The number of carbonyl (C=O) groups excluding carboxylic acids is 1. The predicted octanol–water partition coefficient (Wildman–Crippen LogP) is 4.03. The molecule has 164 valence electrons. The van der Waals surface area contributed by atoms with Crippen LogP contribution in [-0.4, -0.2) is 38.0 Å². The molecule has 2 N–H and O–H groups in total. The van der Waals surface area contributed by atoms with E-state index in [2.05, 4.69) is 20.5 Å². The molecule has 2 aromatic heterocycles. The van der Waals surface area contributed by atoms with Gasteiger partial charge in [-0.3, -0.25) is 19.3 Å². The smallest absolute Gasteiger partial charge is 0.269 e. The zero-order valence-corrected chi connectivity index (χ0v) is 18.3. The summed E-state index contributed by atoms with van der Waals surface area (Å²) in [6, 6.07) is 10.9. The molecule has 0 saturated heterocycles. The number of nitrogens with zero attached hydrogens (tertiary/aromatic N) is 3. The fraction of sp³-hybridized carbons (Fsp3) is 0.143. The highest BCUT2D eigenvalue weighted by molar-refractivity contribution is 7.99. The molecule has 0 radical (unpaired) electrons. The van der Waals surface area contributed by atoms with Gasteiger partial charge in [0.15, 0.2) is 10.8 Å².